The molecule has 1 aromatic rings. The Morgan fingerprint density at radius 2 is 1.96 bits per heavy atom. The van der Waals surface area contributed by atoms with Crippen molar-refractivity contribution < 1.29 is 19.4 Å². The van der Waals surface area contributed by atoms with Gasteiger partial charge < -0.3 is 9.84 Å². The largest absolute Gasteiger partial charge is 0.481 e. The molecule has 0 spiro atoms. The lowest BCUT2D eigenvalue weighted by Crippen LogP contribution is -2.43. The number of nitrogens with zero attached hydrogens (tertiary/aromatic N) is 1. The minimum Gasteiger partial charge on any atom is -0.481 e. The van der Waals surface area contributed by atoms with E-state index in [0.29, 0.717) is 6.54 Å². The van der Waals surface area contributed by atoms with Gasteiger partial charge in [0.1, 0.15) is 11.6 Å². The van der Waals surface area contributed by atoms with Crippen molar-refractivity contribution in [1.82, 2.24) is 4.90 Å². The second-order valence-corrected chi connectivity index (χ2v) is 7.11. The van der Waals surface area contributed by atoms with Crippen LogP contribution in [0.1, 0.15) is 32.8 Å². The molecule has 1 fully saturated rings. The molecular formula is C19H25NO4. The molecule has 0 radical (unpaired) electrons. The number of likely N-dealkylation sites (tertiary alicyclic amines) is 1. The van der Waals surface area contributed by atoms with Crippen molar-refractivity contribution in [2.24, 2.45) is 5.92 Å². The van der Waals surface area contributed by atoms with E-state index >= 15 is 0 Å². The summed E-state index contributed by atoms with van der Waals surface area (Å²) < 4.78 is 5.50. The molecule has 24 heavy (non-hydrogen) atoms. The fourth-order valence-corrected chi connectivity index (χ4v) is 3.11. The zero-order valence-corrected chi connectivity index (χ0v) is 14.4. The molecule has 5 nitrogen and oxygen atoms in total. The van der Waals surface area contributed by atoms with Crippen LogP contribution < -0.4 is 0 Å². The van der Waals surface area contributed by atoms with Gasteiger partial charge in [0.15, 0.2) is 0 Å². The zero-order valence-electron chi connectivity index (χ0n) is 14.4. The van der Waals surface area contributed by atoms with Gasteiger partial charge >= 0.3 is 11.9 Å². The lowest BCUT2D eigenvalue weighted by molar-refractivity contribution is -0.160. The summed E-state index contributed by atoms with van der Waals surface area (Å²) in [6.45, 7) is 9.68. The summed E-state index contributed by atoms with van der Waals surface area (Å²) >= 11 is 0. The fraction of sp³-hybridized carbons (Fsp3) is 0.474. The lowest BCUT2D eigenvalue weighted by atomic mass is 9.99. The highest BCUT2D eigenvalue weighted by Gasteiger charge is 2.47. The smallest absolute Gasteiger partial charge is 0.323 e. The maximum absolute atomic E-state index is 12.6. The molecule has 1 aromatic carbocycles. The molecule has 1 aliphatic heterocycles. The molecule has 0 aromatic heterocycles. The third-order valence-corrected chi connectivity index (χ3v) is 4.12. The Labute approximate surface area is 142 Å². The Kier molecular flexibility index (Phi) is 5.44. The van der Waals surface area contributed by atoms with E-state index in [1.54, 1.807) is 26.8 Å². The van der Waals surface area contributed by atoms with Gasteiger partial charge in [-0.2, -0.15) is 0 Å². The lowest BCUT2D eigenvalue weighted by Gasteiger charge is -2.30. The number of esters is 1. The number of ether oxygens (including phenoxy) is 1. The number of carbonyl (C=O) groups excluding carboxylic acids is 1. The number of carbonyl (C=O) groups is 2. The molecule has 130 valence electrons. The average molecular weight is 331 g/mol. The highest BCUT2D eigenvalue weighted by molar-refractivity contribution is 5.80. The van der Waals surface area contributed by atoms with Crippen molar-refractivity contribution in [1.29, 1.82) is 0 Å². The molecule has 1 unspecified atom stereocenters. The van der Waals surface area contributed by atoms with Gasteiger partial charge in [0.25, 0.3) is 0 Å². The predicted octanol–water partition coefficient (Wildman–Crippen LogP) is 2.86. The third-order valence-electron chi connectivity index (χ3n) is 4.12. The van der Waals surface area contributed by atoms with E-state index in [4.69, 9.17) is 4.74 Å². The van der Waals surface area contributed by atoms with Crippen molar-refractivity contribution in [3.8, 4) is 0 Å². The van der Waals surface area contributed by atoms with Crippen LogP contribution in [-0.2, 0) is 20.9 Å². The summed E-state index contributed by atoms with van der Waals surface area (Å²) in [7, 11) is 0. The van der Waals surface area contributed by atoms with Gasteiger partial charge in [0.05, 0.1) is 5.92 Å². The van der Waals surface area contributed by atoms with E-state index in [9.17, 15) is 14.7 Å². The van der Waals surface area contributed by atoms with E-state index in [0.717, 1.165) is 5.56 Å². The number of rotatable bonds is 5. The number of benzene rings is 1. The summed E-state index contributed by atoms with van der Waals surface area (Å²) in [5.74, 6) is -1.96. The Balaban J connectivity index is 2.29. The van der Waals surface area contributed by atoms with E-state index in [1.807, 2.05) is 35.2 Å². The first-order chi connectivity index (χ1) is 11.2. The van der Waals surface area contributed by atoms with E-state index < -0.39 is 29.6 Å². The van der Waals surface area contributed by atoms with Gasteiger partial charge in [-0.1, -0.05) is 36.4 Å². The number of hydrogen-bond donors (Lipinski definition) is 1. The van der Waals surface area contributed by atoms with E-state index in [2.05, 4.69) is 6.58 Å². The first-order valence-electron chi connectivity index (χ1n) is 8.11. The SMILES string of the molecule is C=C[C@H]1C(C(=O)O)C[C@H](C(=O)OC(C)(C)C)N1Cc1ccccc1. The second kappa shape index (κ2) is 7.18. The highest BCUT2D eigenvalue weighted by atomic mass is 16.6. The molecule has 1 N–H and O–H groups in total. The number of carboxylic acids is 1. The molecule has 1 saturated heterocycles. The molecule has 5 heteroatoms. The van der Waals surface area contributed by atoms with E-state index in [1.165, 1.54) is 0 Å². The summed E-state index contributed by atoms with van der Waals surface area (Å²) in [5, 5.41) is 9.50. The minimum absolute atomic E-state index is 0.230. The van der Waals surface area contributed by atoms with Crippen LogP contribution in [0, 0.1) is 5.92 Å². The average Bonchev–Trinajstić information content (AvgIpc) is 2.85. The van der Waals surface area contributed by atoms with Crippen molar-refractivity contribution in [3.63, 3.8) is 0 Å². The Hall–Kier alpha value is -2.14. The maximum Gasteiger partial charge on any atom is 0.323 e. The van der Waals surface area contributed by atoms with Crippen LogP contribution in [-0.4, -0.2) is 39.6 Å². The molecule has 0 bridgehead atoms. The zero-order chi connectivity index (χ0) is 17.9. The van der Waals surface area contributed by atoms with Crippen molar-refractivity contribution in [3.05, 3.63) is 48.6 Å². The van der Waals surface area contributed by atoms with Crippen molar-refractivity contribution >= 4 is 11.9 Å². The van der Waals surface area contributed by atoms with Crippen LogP contribution in [0.25, 0.3) is 0 Å². The summed E-state index contributed by atoms with van der Waals surface area (Å²) in [5.41, 5.74) is 0.407. The van der Waals surface area contributed by atoms with Gasteiger partial charge in [-0.3, -0.25) is 14.5 Å². The van der Waals surface area contributed by atoms with Crippen LogP contribution >= 0.6 is 0 Å². The Bertz CT molecular complexity index is 606. The van der Waals surface area contributed by atoms with Crippen LogP contribution in [0.4, 0.5) is 0 Å². The third kappa shape index (κ3) is 4.23. The molecular weight excluding hydrogens is 306 g/mol. The van der Waals surface area contributed by atoms with Gasteiger partial charge in [-0.05, 0) is 32.8 Å². The molecule has 3 atom stereocenters. The normalized spacial score (nSPS) is 24.5. The molecule has 1 aliphatic rings. The topological polar surface area (TPSA) is 66.8 Å². The molecule has 0 aliphatic carbocycles. The Morgan fingerprint density at radius 1 is 1.33 bits per heavy atom. The first-order valence-corrected chi connectivity index (χ1v) is 8.11. The summed E-state index contributed by atoms with van der Waals surface area (Å²) in [6.07, 6.45) is 1.85. The second-order valence-electron chi connectivity index (χ2n) is 7.11. The van der Waals surface area contributed by atoms with Crippen LogP contribution in [0.5, 0.6) is 0 Å². The van der Waals surface area contributed by atoms with Crippen LogP contribution in [0.2, 0.25) is 0 Å². The number of carboxylic acid groups (broad SMARTS) is 1. The van der Waals surface area contributed by atoms with Crippen molar-refractivity contribution in [2.45, 2.75) is 51.4 Å². The van der Waals surface area contributed by atoms with Gasteiger partial charge in [0.2, 0.25) is 0 Å². The molecule has 1 heterocycles. The van der Waals surface area contributed by atoms with Crippen molar-refractivity contribution in [2.75, 3.05) is 0 Å². The fourth-order valence-electron chi connectivity index (χ4n) is 3.11. The summed E-state index contributed by atoms with van der Waals surface area (Å²) in [6, 6.07) is 8.69. The standard InChI is InChI=1S/C19H25NO4/c1-5-15-14(17(21)22)11-16(18(23)24-19(2,3)4)20(15)12-13-9-7-6-8-10-13/h5-10,14-16H,1,11-12H2,2-4H3,(H,21,22)/t14?,15-,16+/m0/s1. The molecule has 0 amide bonds. The van der Waals surface area contributed by atoms with Crippen LogP contribution in [0.3, 0.4) is 0 Å². The van der Waals surface area contributed by atoms with Gasteiger partial charge in [-0.15, -0.1) is 6.58 Å². The minimum atomic E-state index is -0.913. The monoisotopic (exact) mass is 331 g/mol. The Morgan fingerprint density at radius 3 is 2.46 bits per heavy atom. The quantitative estimate of drug-likeness (QED) is 0.664. The van der Waals surface area contributed by atoms with E-state index in [-0.39, 0.29) is 12.4 Å². The van der Waals surface area contributed by atoms with Gasteiger partial charge in [0, 0.05) is 12.6 Å². The number of aliphatic carboxylic acids is 1. The highest BCUT2D eigenvalue weighted by Crippen LogP contribution is 2.34. The predicted molar refractivity (Wildman–Crippen MR) is 91.3 cm³/mol. The molecule has 2 rings (SSSR count). The summed E-state index contributed by atoms with van der Waals surface area (Å²) in [4.78, 5) is 26.1. The molecule has 0 saturated carbocycles. The van der Waals surface area contributed by atoms with Gasteiger partial charge in [-0.25, -0.2) is 0 Å². The number of hydrogen-bond acceptors (Lipinski definition) is 4. The van der Waals surface area contributed by atoms with Crippen LogP contribution in [0.15, 0.2) is 43.0 Å². The first kappa shape index (κ1) is 18.2. The maximum atomic E-state index is 12.6.